The number of ether oxygens (including phenoxy) is 15. The summed E-state index contributed by atoms with van der Waals surface area (Å²) in [6.45, 7) is -5.14. The van der Waals surface area contributed by atoms with Crippen molar-refractivity contribution < 1.29 is 203 Å². The fourth-order valence-electron chi connectivity index (χ4n) is 12.5. The third kappa shape index (κ3) is 17.6. The summed E-state index contributed by atoms with van der Waals surface area (Å²) in [5.41, 5.74) is 0. The molecule has 8 heterocycles. The number of carbonyl (C=O) groups is 3. The Morgan fingerprint density at radius 1 is 0.265 bits per heavy atom. The van der Waals surface area contributed by atoms with E-state index >= 15 is 0 Å². The van der Waals surface area contributed by atoms with Gasteiger partial charge in [0.2, 0.25) is 17.7 Å². The molecule has 0 aromatic heterocycles. The molecule has 0 saturated carbocycles. The van der Waals surface area contributed by atoms with E-state index in [0.29, 0.717) is 0 Å². The monoisotopic (exact) mass is 1440 g/mol. The van der Waals surface area contributed by atoms with E-state index in [1.165, 1.54) is 0 Å². The van der Waals surface area contributed by atoms with Crippen molar-refractivity contribution >= 4 is 17.7 Å². The van der Waals surface area contributed by atoms with Crippen molar-refractivity contribution in [2.75, 3.05) is 52.9 Å². The van der Waals surface area contributed by atoms with E-state index < -0.39 is 316 Å². The van der Waals surface area contributed by atoms with Crippen LogP contribution in [0.2, 0.25) is 0 Å². The Hall–Kier alpha value is -3.11. The van der Waals surface area contributed by atoms with Crippen LogP contribution in [0.3, 0.4) is 0 Å². The van der Waals surface area contributed by atoms with Gasteiger partial charge < -0.3 is 204 Å². The molecule has 0 bridgehead atoms. The summed E-state index contributed by atoms with van der Waals surface area (Å²) in [4.78, 5) is 37.6. The molecular formula is C54H91N3O41. The Balaban J connectivity index is 1.09. The Morgan fingerprint density at radius 3 is 0.980 bits per heavy atom. The van der Waals surface area contributed by atoms with Crippen molar-refractivity contribution in [3.05, 3.63) is 0 Å². The first-order valence-corrected chi connectivity index (χ1v) is 31.1. The molecule has 3 amide bonds. The highest BCUT2D eigenvalue weighted by Crippen LogP contribution is 2.38. The normalized spacial score (nSPS) is 49.5. The van der Waals surface area contributed by atoms with Crippen molar-refractivity contribution in [3.63, 3.8) is 0 Å². The molecule has 0 aromatic carbocycles. The van der Waals surface area contributed by atoms with Crippen LogP contribution in [0.15, 0.2) is 0 Å². The molecule has 0 aromatic rings. The van der Waals surface area contributed by atoms with Crippen molar-refractivity contribution in [3.8, 4) is 0 Å². The standard InChI is InChI=1S/C54H91N3O41/c1-12(64)55-23-31(72)42(18(7-61)86-47(23)83)94-48-24(56-13(2)65)32(73)44(20(9-63)90-48)96-53-41(82)45(97-52-40(81)36(77)29(70)21(92-52)10-84-50-38(79)34(75)26(67)15(4-58)87-50)30(71)22(93-53)11-85-54-46(37(78)28(69)17(6-60)89-54)98-49-25(57-14(3)66)33(74)43(19(8-62)91-49)95-51-39(80)35(76)27(68)16(5-59)88-51/h15-54,58-63,67-83H,4-11H2,1-3H3,(H,55,64)(H,56,65)(H,57,66)/t15-,16-,17-,18-,19-,20-,21-,22-,23-,24-,25-,26-,27+,28-,29-,30-,31-,32-,33-,34+,35+,36+,37+,38+,39-,40+,41+,42-,43-,44-,45+,46+,47-,48+,49+,50+,51+,52-,53+,54+/m1/s1. The number of aliphatic hydroxyl groups excluding tert-OH is 23. The Kier molecular flexibility index (Phi) is 28.9. The molecule has 8 aliphatic rings. The Morgan fingerprint density at radius 2 is 0.551 bits per heavy atom. The van der Waals surface area contributed by atoms with Gasteiger partial charge in [-0.3, -0.25) is 14.4 Å². The van der Waals surface area contributed by atoms with Crippen LogP contribution in [0.1, 0.15) is 20.8 Å². The van der Waals surface area contributed by atoms with E-state index in [2.05, 4.69) is 16.0 Å². The van der Waals surface area contributed by atoms with Crippen LogP contribution in [0.25, 0.3) is 0 Å². The fourth-order valence-corrected chi connectivity index (χ4v) is 12.5. The van der Waals surface area contributed by atoms with Gasteiger partial charge in [0.25, 0.3) is 0 Å². The van der Waals surface area contributed by atoms with E-state index in [-0.39, 0.29) is 0 Å². The van der Waals surface area contributed by atoms with Crippen LogP contribution in [-0.4, -0.2) is 433 Å². The van der Waals surface area contributed by atoms with E-state index in [0.717, 1.165) is 20.8 Å². The van der Waals surface area contributed by atoms with Crippen molar-refractivity contribution in [1.82, 2.24) is 16.0 Å². The summed E-state index contributed by atoms with van der Waals surface area (Å²) < 4.78 is 87.1. The third-order valence-electron chi connectivity index (χ3n) is 17.8. The van der Waals surface area contributed by atoms with Crippen LogP contribution < -0.4 is 16.0 Å². The van der Waals surface area contributed by atoms with Crippen LogP contribution in [-0.2, 0) is 85.4 Å². The maximum Gasteiger partial charge on any atom is 0.217 e. The molecule has 0 aliphatic carbocycles. The van der Waals surface area contributed by atoms with Crippen LogP contribution >= 0.6 is 0 Å². The minimum absolute atomic E-state index is 0.762. The van der Waals surface area contributed by atoms with Crippen molar-refractivity contribution in [2.45, 2.75) is 266 Å². The molecule has 0 unspecified atom stereocenters. The highest BCUT2D eigenvalue weighted by Gasteiger charge is 2.59. The van der Waals surface area contributed by atoms with Crippen LogP contribution in [0.5, 0.6) is 0 Å². The molecule has 8 rings (SSSR count). The lowest BCUT2D eigenvalue weighted by Crippen LogP contribution is -2.70. The SMILES string of the molecule is CC(=O)N[C@@H]1[C@@H](O)[C@H](O[C@@H]2O[C@H](CO)[C@@H](O[C@@H]3O[C@H](CO[C@H]4O[C@H](CO)[C@@H](O)[C@H](O)[C@@H]4O[C@@H]4O[C@H](CO)[C@@H](O[C@@H]5O[C@H](CO)[C@H](O)[C@H](O)[C@H]5O)[C@H](O)[C@H]4NC(C)=O)[C@@H](O)[C@H](O[C@H]4O[C@H](CO[C@H]5O[C@H](CO)[C@@H](O)[C@H](O)[C@@H]5O)[C@@H](O)[C@H](O)[C@@H]4O)[C@@H]3O)[C@H](O)[C@H]2NC(C)=O)[C@@H](CO)O[C@H]1O. The molecule has 8 saturated heterocycles. The Labute approximate surface area is 554 Å². The number of nitrogens with one attached hydrogen (secondary N) is 3. The summed E-state index contributed by atoms with van der Waals surface area (Å²) in [5.74, 6) is -2.56. The summed E-state index contributed by atoms with van der Waals surface area (Å²) in [6, 6.07) is -5.32. The lowest BCUT2D eigenvalue weighted by molar-refractivity contribution is -0.390. The number of hydrogen-bond donors (Lipinski definition) is 26. The molecule has 8 fully saturated rings. The first-order chi connectivity index (χ1) is 46.3. The minimum atomic E-state index is -2.45. The van der Waals surface area contributed by atoms with Gasteiger partial charge in [-0.15, -0.1) is 0 Å². The topological polar surface area (TPSA) is 691 Å². The molecule has 568 valence electrons. The first-order valence-electron chi connectivity index (χ1n) is 31.1. The van der Waals surface area contributed by atoms with E-state index in [1.807, 2.05) is 0 Å². The van der Waals surface area contributed by atoms with Crippen molar-refractivity contribution in [1.29, 1.82) is 0 Å². The van der Waals surface area contributed by atoms with E-state index in [4.69, 9.17) is 71.1 Å². The maximum absolute atomic E-state index is 12.8. The van der Waals surface area contributed by atoms with Crippen molar-refractivity contribution in [2.24, 2.45) is 0 Å². The molecule has 40 atom stereocenters. The molecule has 44 heteroatoms. The lowest BCUT2D eigenvalue weighted by atomic mass is 9.94. The molecule has 44 nitrogen and oxygen atoms in total. The second kappa shape index (κ2) is 35.1. The highest BCUT2D eigenvalue weighted by atomic mass is 16.8. The fraction of sp³-hybridized carbons (Fsp3) is 0.944. The largest absolute Gasteiger partial charge is 0.394 e. The van der Waals surface area contributed by atoms with Gasteiger partial charge in [-0.2, -0.15) is 0 Å². The summed E-state index contributed by atoms with van der Waals surface area (Å²) >= 11 is 0. The summed E-state index contributed by atoms with van der Waals surface area (Å²) in [7, 11) is 0. The van der Waals surface area contributed by atoms with Gasteiger partial charge in [0, 0.05) is 20.8 Å². The predicted molar refractivity (Wildman–Crippen MR) is 299 cm³/mol. The summed E-state index contributed by atoms with van der Waals surface area (Å²) in [5, 5.41) is 258. The third-order valence-corrected chi connectivity index (χ3v) is 17.8. The molecule has 26 N–H and O–H groups in total. The quantitative estimate of drug-likeness (QED) is 0.0404. The molecule has 98 heavy (non-hydrogen) atoms. The number of hydrogen-bond acceptors (Lipinski definition) is 41. The number of aliphatic hydroxyl groups is 23. The zero-order chi connectivity index (χ0) is 72.2. The van der Waals surface area contributed by atoms with Crippen LogP contribution in [0, 0.1) is 0 Å². The second-order valence-corrected chi connectivity index (χ2v) is 24.7. The second-order valence-electron chi connectivity index (χ2n) is 24.7. The molecule has 0 spiro atoms. The average molecular weight is 1440 g/mol. The van der Waals surface area contributed by atoms with Gasteiger partial charge in [-0.1, -0.05) is 0 Å². The number of rotatable bonds is 25. The number of carbonyl (C=O) groups excluding carboxylic acids is 3. The smallest absolute Gasteiger partial charge is 0.217 e. The Bertz CT molecular complexity index is 2510. The predicted octanol–water partition coefficient (Wildman–Crippen LogP) is -18.0. The van der Waals surface area contributed by atoms with E-state index in [9.17, 15) is 132 Å². The van der Waals surface area contributed by atoms with Gasteiger partial charge in [0.05, 0.1) is 52.9 Å². The van der Waals surface area contributed by atoms with Gasteiger partial charge in [-0.25, -0.2) is 0 Å². The first kappa shape index (κ1) is 80.6. The van der Waals surface area contributed by atoms with Gasteiger partial charge in [-0.05, 0) is 0 Å². The van der Waals surface area contributed by atoms with Gasteiger partial charge in [0.15, 0.2) is 50.3 Å². The lowest BCUT2D eigenvalue weighted by Gasteiger charge is -2.50. The van der Waals surface area contributed by atoms with E-state index in [1.54, 1.807) is 0 Å². The highest BCUT2D eigenvalue weighted by molar-refractivity contribution is 5.74. The zero-order valence-electron chi connectivity index (χ0n) is 52.4. The van der Waals surface area contributed by atoms with Gasteiger partial charge >= 0.3 is 0 Å². The zero-order valence-corrected chi connectivity index (χ0v) is 52.4. The number of amides is 3. The molecule has 0 radical (unpaired) electrons. The van der Waals surface area contributed by atoms with Gasteiger partial charge in [0.1, 0.15) is 195 Å². The average Bonchev–Trinajstić information content (AvgIpc) is 0.768. The molecule has 8 aliphatic heterocycles. The molecular weight excluding hydrogens is 1350 g/mol. The summed E-state index contributed by atoms with van der Waals surface area (Å²) in [6.07, 6.45) is -74.3. The maximum atomic E-state index is 12.8. The minimum Gasteiger partial charge on any atom is -0.394 e. The van der Waals surface area contributed by atoms with Crippen LogP contribution in [0.4, 0.5) is 0 Å².